The number of sulfonamides is 1. The second-order valence-corrected chi connectivity index (χ2v) is 6.21. The molecule has 0 aromatic carbocycles. The van der Waals surface area contributed by atoms with Crippen molar-refractivity contribution in [3.05, 3.63) is 0 Å². The zero-order valence-electron chi connectivity index (χ0n) is 10.7. The van der Waals surface area contributed by atoms with Crippen molar-refractivity contribution in [3.8, 4) is 0 Å². The summed E-state index contributed by atoms with van der Waals surface area (Å²) in [6.45, 7) is 0.0964. The number of rotatable bonds is 6. The molecule has 1 saturated heterocycles. The van der Waals surface area contributed by atoms with Crippen molar-refractivity contribution in [2.45, 2.75) is 18.9 Å². The number of carbonyl (C=O) groups is 2. The van der Waals surface area contributed by atoms with E-state index in [1.165, 1.54) is 0 Å². The molecule has 1 heterocycles. The van der Waals surface area contributed by atoms with Crippen molar-refractivity contribution >= 4 is 21.9 Å². The van der Waals surface area contributed by atoms with Crippen molar-refractivity contribution in [1.29, 1.82) is 0 Å². The Labute approximate surface area is 111 Å². The van der Waals surface area contributed by atoms with Crippen LogP contribution in [0.15, 0.2) is 0 Å². The molecule has 0 saturated carbocycles. The lowest BCUT2D eigenvalue weighted by Crippen LogP contribution is -2.47. The molecule has 0 unspecified atom stereocenters. The van der Waals surface area contributed by atoms with Crippen molar-refractivity contribution < 1.29 is 27.9 Å². The maximum atomic E-state index is 11.6. The first-order chi connectivity index (χ1) is 8.78. The Morgan fingerprint density at radius 2 is 1.89 bits per heavy atom. The molecule has 110 valence electrons. The summed E-state index contributed by atoms with van der Waals surface area (Å²) in [6, 6.07) is -0.154. The highest BCUT2D eigenvalue weighted by Crippen LogP contribution is 2.11. The Morgan fingerprint density at radius 1 is 1.32 bits per heavy atom. The van der Waals surface area contributed by atoms with Crippen LogP contribution in [-0.4, -0.2) is 68.9 Å². The van der Waals surface area contributed by atoms with Crippen LogP contribution in [0.4, 0.5) is 0 Å². The van der Waals surface area contributed by atoms with E-state index in [1.54, 1.807) is 4.90 Å². The Kier molecular flexibility index (Phi) is 5.70. The average molecular weight is 294 g/mol. The molecular formula is C10H18N2O6S. The zero-order chi connectivity index (χ0) is 14.5. The van der Waals surface area contributed by atoms with Crippen molar-refractivity contribution in [2.24, 2.45) is 0 Å². The molecule has 9 heteroatoms. The molecule has 0 aliphatic carbocycles. The van der Waals surface area contributed by atoms with Gasteiger partial charge < -0.3 is 14.7 Å². The van der Waals surface area contributed by atoms with Crippen LogP contribution in [0.1, 0.15) is 12.8 Å². The molecule has 0 atom stereocenters. The number of ether oxygens (including phenoxy) is 1. The Bertz CT molecular complexity index is 427. The van der Waals surface area contributed by atoms with E-state index < -0.39 is 22.6 Å². The minimum absolute atomic E-state index is 0.154. The van der Waals surface area contributed by atoms with Gasteiger partial charge in [-0.2, -0.15) is 0 Å². The Balaban J connectivity index is 2.29. The molecule has 1 rings (SSSR count). The van der Waals surface area contributed by atoms with E-state index in [0.29, 0.717) is 25.9 Å². The molecular weight excluding hydrogens is 276 g/mol. The number of hydrogen-bond donors (Lipinski definition) is 2. The number of piperidine rings is 1. The molecule has 2 N–H and O–H groups in total. The number of aliphatic carboxylic acids is 1. The topological polar surface area (TPSA) is 113 Å². The lowest BCUT2D eigenvalue weighted by atomic mass is 10.1. The minimum atomic E-state index is -3.23. The van der Waals surface area contributed by atoms with Gasteiger partial charge in [0.1, 0.15) is 13.2 Å². The van der Waals surface area contributed by atoms with Gasteiger partial charge in [-0.3, -0.25) is 4.79 Å². The zero-order valence-corrected chi connectivity index (χ0v) is 11.5. The van der Waals surface area contributed by atoms with Gasteiger partial charge in [0.2, 0.25) is 15.9 Å². The maximum absolute atomic E-state index is 11.6. The van der Waals surface area contributed by atoms with E-state index in [0.717, 1.165) is 6.26 Å². The smallest absolute Gasteiger partial charge is 0.329 e. The standard InChI is InChI=1S/C10H18N2O6S/c1-19(16,17)11-8-2-4-12(5-3-8)9(13)6-18-7-10(14)15/h8,11H,2-7H2,1H3,(H,14,15). The number of amides is 1. The summed E-state index contributed by atoms with van der Waals surface area (Å²) < 4.78 is 29.3. The normalized spacial score (nSPS) is 17.4. The predicted molar refractivity (Wildman–Crippen MR) is 66.0 cm³/mol. The average Bonchev–Trinajstić information content (AvgIpc) is 2.27. The van der Waals surface area contributed by atoms with Crippen LogP contribution in [0.3, 0.4) is 0 Å². The van der Waals surface area contributed by atoms with E-state index in [1.807, 2.05) is 0 Å². The fourth-order valence-electron chi connectivity index (χ4n) is 1.87. The molecule has 1 aliphatic rings. The molecule has 1 fully saturated rings. The van der Waals surface area contributed by atoms with Crippen molar-refractivity contribution in [1.82, 2.24) is 9.62 Å². The van der Waals surface area contributed by atoms with E-state index in [2.05, 4.69) is 4.72 Å². The van der Waals surface area contributed by atoms with E-state index in [9.17, 15) is 18.0 Å². The number of hydrogen-bond acceptors (Lipinski definition) is 5. The molecule has 8 nitrogen and oxygen atoms in total. The fourth-order valence-corrected chi connectivity index (χ4v) is 2.71. The molecule has 1 aliphatic heterocycles. The van der Waals surface area contributed by atoms with Gasteiger partial charge in [0.25, 0.3) is 0 Å². The fraction of sp³-hybridized carbons (Fsp3) is 0.800. The van der Waals surface area contributed by atoms with Gasteiger partial charge in [0.05, 0.1) is 6.26 Å². The van der Waals surface area contributed by atoms with Gasteiger partial charge in [0.15, 0.2) is 0 Å². The highest BCUT2D eigenvalue weighted by Gasteiger charge is 2.24. The molecule has 1 amide bonds. The monoisotopic (exact) mass is 294 g/mol. The number of nitrogens with one attached hydrogen (secondary N) is 1. The summed E-state index contributed by atoms with van der Waals surface area (Å²) in [5.74, 6) is -1.40. The number of carboxylic acid groups (broad SMARTS) is 1. The van der Waals surface area contributed by atoms with Gasteiger partial charge in [-0.25, -0.2) is 17.9 Å². The van der Waals surface area contributed by atoms with Crippen LogP contribution in [0, 0.1) is 0 Å². The van der Waals surface area contributed by atoms with Gasteiger partial charge in [-0.15, -0.1) is 0 Å². The molecule has 0 bridgehead atoms. The van der Waals surface area contributed by atoms with Gasteiger partial charge in [-0.1, -0.05) is 0 Å². The SMILES string of the molecule is CS(=O)(=O)NC1CCN(C(=O)COCC(=O)O)CC1. The maximum Gasteiger partial charge on any atom is 0.329 e. The van der Waals surface area contributed by atoms with Crippen LogP contribution in [0.25, 0.3) is 0 Å². The van der Waals surface area contributed by atoms with Crippen LogP contribution in [-0.2, 0) is 24.3 Å². The first-order valence-corrected chi connectivity index (χ1v) is 7.71. The molecule has 0 spiro atoms. The largest absolute Gasteiger partial charge is 0.480 e. The summed E-state index contributed by atoms with van der Waals surface area (Å²) in [4.78, 5) is 23.4. The first kappa shape index (κ1) is 15.9. The van der Waals surface area contributed by atoms with Crippen LogP contribution in [0.5, 0.6) is 0 Å². The third-order valence-electron chi connectivity index (χ3n) is 2.68. The van der Waals surface area contributed by atoms with Gasteiger partial charge in [-0.05, 0) is 12.8 Å². The number of carboxylic acids is 1. The second-order valence-electron chi connectivity index (χ2n) is 4.43. The number of nitrogens with zero attached hydrogens (tertiary/aromatic N) is 1. The van der Waals surface area contributed by atoms with Crippen LogP contribution >= 0.6 is 0 Å². The third kappa shape index (κ3) is 6.50. The summed E-state index contributed by atoms with van der Waals surface area (Å²) in [5.41, 5.74) is 0. The summed E-state index contributed by atoms with van der Waals surface area (Å²) in [5, 5.41) is 8.36. The van der Waals surface area contributed by atoms with E-state index >= 15 is 0 Å². The molecule has 0 radical (unpaired) electrons. The Hall–Kier alpha value is -1.19. The van der Waals surface area contributed by atoms with Crippen molar-refractivity contribution in [2.75, 3.05) is 32.6 Å². The molecule has 19 heavy (non-hydrogen) atoms. The van der Waals surface area contributed by atoms with E-state index in [4.69, 9.17) is 9.84 Å². The summed E-state index contributed by atoms with van der Waals surface area (Å²) >= 11 is 0. The second kappa shape index (κ2) is 6.83. The van der Waals surface area contributed by atoms with Gasteiger partial charge in [0, 0.05) is 19.1 Å². The summed E-state index contributed by atoms with van der Waals surface area (Å²) in [7, 11) is -3.23. The predicted octanol–water partition coefficient (Wildman–Crippen LogP) is -1.37. The highest BCUT2D eigenvalue weighted by molar-refractivity contribution is 7.88. The molecule has 0 aromatic heterocycles. The van der Waals surface area contributed by atoms with Crippen molar-refractivity contribution in [3.63, 3.8) is 0 Å². The third-order valence-corrected chi connectivity index (χ3v) is 3.44. The lowest BCUT2D eigenvalue weighted by molar-refractivity contribution is -0.146. The van der Waals surface area contributed by atoms with E-state index in [-0.39, 0.29) is 18.6 Å². The number of likely N-dealkylation sites (tertiary alicyclic amines) is 1. The molecule has 0 aromatic rings. The number of carbonyl (C=O) groups excluding carboxylic acids is 1. The van der Waals surface area contributed by atoms with Crippen LogP contribution in [0.2, 0.25) is 0 Å². The minimum Gasteiger partial charge on any atom is -0.480 e. The highest BCUT2D eigenvalue weighted by atomic mass is 32.2. The Morgan fingerprint density at radius 3 is 2.37 bits per heavy atom. The quantitative estimate of drug-likeness (QED) is 0.625. The van der Waals surface area contributed by atoms with Gasteiger partial charge >= 0.3 is 5.97 Å². The summed E-state index contributed by atoms with van der Waals surface area (Å²) in [6.07, 6.45) is 2.18. The van der Waals surface area contributed by atoms with Crippen LogP contribution < -0.4 is 4.72 Å². The first-order valence-electron chi connectivity index (χ1n) is 5.82. The lowest BCUT2D eigenvalue weighted by Gasteiger charge is -2.31.